The van der Waals surface area contributed by atoms with E-state index in [1.807, 2.05) is 36.4 Å². The Labute approximate surface area is 158 Å². The minimum atomic E-state index is -0.960. The van der Waals surface area contributed by atoms with Crippen molar-refractivity contribution in [2.24, 2.45) is 0 Å². The third kappa shape index (κ3) is 3.37. The van der Waals surface area contributed by atoms with Crippen LogP contribution in [-0.4, -0.2) is 25.6 Å². The molecule has 4 aromatic rings. The molecule has 0 amide bonds. The molecule has 134 valence electrons. The molecule has 3 aromatic heterocycles. The fraction of sp³-hybridized carbons (Fsp3) is 0.100. The van der Waals surface area contributed by atoms with Gasteiger partial charge in [-0.1, -0.05) is 30.3 Å². The van der Waals surface area contributed by atoms with Gasteiger partial charge in [0.15, 0.2) is 0 Å². The Kier molecular flexibility index (Phi) is 4.52. The minimum Gasteiger partial charge on any atom is -0.481 e. The number of benzene rings is 1. The molecule has 1 N–H and O–H groups in total. The molecule has 7 heteroatoms. The van der Waals surface area contributed by atoms with Crippen LogP contribution in [0.25, 0.3) is 32.0 Å². The second-order valence-corrected chi connectivity index (χ2v) is 7.00. The SMILES string of the molecule is O=C(O)CCn1c(-c2ccncc2)nc2sc(-c3ccccc3)cc2c1=O. The van der Waals surface area contributed by atoms with Gasteiger partial charge in [-0.25, -0.2) is 4.98 Å². The topological polar surface area (TPSA) is 85.1 Å². The average Bonchev–Trinajstić information content (AvgIpc) is 3.13. The summed E-state index contributed by atoms with van der Waals surface area (Å²) in [6, 6.07) is 15.2. The maximum atomic E-state index is 13.1. The van der Waals surface area contributed by atoms with Crippen molar-refractivity contribution in [3.8, 4) is 21.8 Å². The van der Waals surface area contributed by atoms with Gasteiger partial charge < -0.3 is 5.11 Å². The predicted molar refractivity (Wildman–Crippen MR) is 105 cm³/mol. The number of rotatable bonds is 5. The Hall–Kier alpha value is -3.32. The zero-order chi connectivity index (χ0) is 18.8. The molecular weight excluding hydrogens is 362 g/mol. The zero-order valence-electron chi connectivity index (χ0n) is 14.2. The third-order valence-electron chi connectivity index (χ3n) is 4.20. The van der Waals surface area contributed by atoms with Crippen LogP contribution >= 0.6 is 11.3 Å². The van der Waals surface area contributed by atoms with E-state index in [1.54, 1.807) is 24.5 Å². The highest BCUT2D eigenvalue weighted by Crippen LogP contribution is 2.32. The first-order valence-corrected chi connectivity index (χ1v) is 9.17. The lowest BCUT2D eigenvalue weighted by Gasteiger charge is -2.11. The molecule has 0 aliphatic carbocycles. The van der Waals surface area contributed by atoms with Gasteiger partial charge in [-0.3, -0.25) is 19.1 Å². The molecular formula is C20H15N3O3S. The maximum Gasteiger partial charge on any atom is 0.305 e. The normalized spacial score (nSPS) is 11.0. The summed E-state index contributed by atoms with van der Waals surface area (Å²) < 4.78 is 1.44. The smallest absolute Gasteiger partial charge is 0.305 e. The molecule has 0 spiro atoms. The van der Waals surface area contributed by atoms with Crippen LogP contribution in [0, 0.1) is 0 Å². The number of hydrogen-bond donors (Lipinski definition) is 1. The summed E-state index contributed by atoms with van der Waals surface area (Å²) >= 11 is 1.45. The van der Waals surface area contributed by atoms with Crippen molar-refractivity contribution in [2.75, 3.05) is 0 Å². The first-order chi connectivity index (χ1) is 13.1. The summed E-state index contributed by atoms with van der Waals surface area (Å²) in [5.74, 6) is -0.504. The van der Waals surface area contributed by atoms with Crippen LogP contribution in [-0.2, 0) is 11.3 Å². The fourth-order valence-electron chi connectivity index (χ4n) is 2.90. The lowest BCUT2D eigenvalue weighted by molar-refractivity contribution is -0.137. The number of hydrogen-bond acceptors (Lipinski definition) is 5. The van der Waals surface area contributed by atoms with Crippen molar-refractivity contribution in [1.82, 2.24) is 14.5 Å². The number of carboxylic acids is 1. The minimum absolute atomic E-state index is 0.0608. The second kappa shape index (κ2) is 7.13. The zero-order valence-corrected chi connectivity index (χ0v) is 15.0. The molecule has 0 unspecified atom stereocenters. The van der Waals surface area contributed by atoms with Crippen LogP contribution in [0.5, 0.6) is 0 Å². The highest BCUT2D eigenvalue weighted by Gasteiger charge is 2.16. The molecule has 27 heavy (non-hydrogen) atoms. The van der Waals surface area contributed by atoms with Crippen molar-refractivity contribution < 1.29 is 9.90 Å². The van der Waals surface area contributed by atoms with Gasteiger partial charge in [0.25, 0.3) is 5.56 Å². The summed E-state index contributed by atoms with van der Waals surface area (Å²) in [6.07, 6.45) is 3.09. The number of aliphatic carboxylic acids is 1. The van der Waals surface area contributed by atoms with E-state index in [2.05, 4.69) is 4.98 Å². The second-order valence-electron chi connectivity index (χ2n) is 5.97. The van der Waals surface area contributed by atoms with E-state index < -0.39 is 5.97 Å². The van der Waals surface area contributed by atoms with E-state index in [9.17, 15) is 9.59 Å². The van der Waals surface area contributed by atoms with Crippen LogP contribution in [0.15, 0.2) is 65.7 Å². The highest BCUT2D eigenvalue weighted by atomic mass is 32.1. The van der Waals surface area contributed by atoms with Crippen LogP contribution < -0.4 is 5.56 Å². The van der Waals surface area contributed by atoms with Crippen LogP contribution in [0.3, 0.4) is 0 Å². The third-order valence-corrected chi connectivity index (χ3v) is 5.28. The molecule has 0 saturated heterocycles. The Morgan fingerprint density at radius 3 is 2.52 bits per heavy atom. The van der Waals surface area contributed by atoms with Crippen LogP contribution in [0.2, 0.25) is 0 Å². The molecule has 0 aliphatic heterocycles. The van der Waals surface area contributed by atoms with Gasteiger partial charge >= 0.3 is 5.97 Å². The predicted octanol–water partition coefficient (Wildman–Crippen LogP) is 3.66. The van der Waals surface area contributed by atoms with Gasteiger partial charge in [-0.15, -0.1) is 11.3 Å². The van der Waals surface area contributed by atoms with E-state index >= 15 is 0 Å². The summed E-state index contributed by atoms with van der Waals surface area (Å²) in [5, 5.41) is 9.55. The van der Waals surface area contributed by atoms with E-state index in [4.69, 9.17) is 10.1 Å². The van der Waals surface area contributed by atoms with Crippen molar-refractivity contribution in [2.45, 2.75) is 13.0 Å². The molecule has 6 nitrogen and oxygen atoms in total. The Morgan fingerprint density at radius 1 is 1.07 bits per heavy atom. The molecule has 0 bridgehead atoms. The molecule has 0 aliphatic rings. The van der Waals surface area contributed by atoms with Gasteiger partial charge in [0, 0.05) is 29.4 Å². The van der Waals surface area contributed by atoms with Crippen LogP contribution in [0.1, 0.15) is 6.42 Å². The number of pyridine rings is 1. The lowest BCUT2D eigenvalue weighted by atomic mass is 10.2. The quantitative estimate of drug-likeness (QED) is 0.574. The van der Waals surface area contributed by atoms with E-state index in [1.165, 1.54) is 15.9 Å². The van der Waals surface area contributed by atoms with Gasteiger partial charge in [-0.05, 0) is 23.8 Å². The van der Waals surface area contributed by atoms with E-state index in [0.29, 0.717) is 16.0 Å². The number of fused-ring (bicyclic) bond motifs is 1. The molecule has 0 saturated carbocycles. The summed E-state index contributed by atoms with van der Waals surface area (Å²) in [6.45, 7) is 0.0608. The monoisotopic (exact) mass is 377 g/mol. The van der Waals surface area contributed by atoms with Crippen molar-refractivity contribution in [3.63, 3.8) is 0 Å². The highest BCUT2D eigenvalue weighted by molar-refractivity contribution is 7.21. The van der Waals surface area contributed by atoms with Crippen molar-refractivity contribution in [1.29, 1.82) is 0 Å². The summed E-state index contributed by atoms with van der Waals surface area (Å²) in [5.41, 5.74) is 1.51. The first-order valence-electron chi connectivity index (χ1n) is 8.35. The average molecular weight is 377 g/mol. The Morgan fingerprint density at radius 2 is 1.81 bits per heavy atom. The van der Waals surface area contributed by atoms with Crippen molar-refractivity contribution in [3.05, 3.63) is 71.3 Å². The van der Waals surface area contributed by atoms with Crippen molar-refractivity contribution >= 4 is 27.5 Å². The maximum absolute atomic E-state index is 13.1. The molecule has 0 fully saturated rings. The number of carbonyl (C=O) groups is 1. The van der Waals surface area contributed by atoms with E-state index in [0.717, 1.165) is 16.0 Å². The largest absolute Gasteiger partial charge is 0.481 e. The lowest BCUT2D eigenvalue weighted by Crippen LogP contribution is -2.24. The number of nitrogens with zero attached hydrogens (tertiary/aromatic N) is 3. The molecule has 0 radical (unpaired) electrons. The Balaban J connectivity index is 1.93. The molecule has 0 atom stereocenters. The molecule has 1 aromatic carbocycles. The van der Waals surface area contributed by atoms with Gasteiger partial charge in [0.2, 0.25) is 0 Å². The van der Waals surface area contributed by atoms with E-state index in [-0.39, 0.29) is 18.5 Å². The van der Waals surface area contributed by atoms with Gasteiger partial charge in [0.05, 0.1) is 11.8 Å². The standard InChI is InChI=1S/C20H15N3O3S/c24-17(25)8-11-23-18(14-6-9-21-10-7-14)22-19-15(20(23)26)12-16(27-19)13-4-2-1-3-5-13/h1-7,9-10,12H,8,11H2,(H,24,25). The Bertz CT molecular complexity index is 1170. The number of aromatic nitrogens is 3. The van der Waals surface area contributed by atoms with Crippen LogP contribution in [0.4, 0.5) is 0 Å². The number of carboxylic acid groups (broad SMARTS) is 1. The summed E-state index contributed by atoms with van der Waals surface area (Å²) in [7, 11) is 0. The summed E-state index contributed by atoms with van der Waals surface area (Å²) in [4.78, 5) is 34.4. The number of thiophene rings is 1. The fourth-order valence-corrected chi connectivity index (χ4v) is 3.92. The van der Waals surface area contributed by atoms with Gasteiger partial charge in [-0.2, -0.15) is 0 Å². The first kappa shape index (κ1) is 17.1. The van der Waals surface area contributed by atoms with Gasteiger partial charge in [0.1, 0.15) is 10.7 Å². The molecule has 4 rings (SSSR count). The molecule has 3 heterocycles.